The van der Waals surface area contributed by atoms with E-state index >= 15 is 0 Å². The van der Waals surface area contributed by atoms with Crippen LogP contribution in [0.5, 0.6) is 0 Å². The first-order valence-electron chi connectivity index (χ1n) is 13.4. The van der Waals surface area contributed by atoms with Crippen LogP contribution < -0.4 is 0 Å². The lowest BCUT2D eigenvalue weighted by Crippen LogP contribution is -2.44. The molecule has 3 aromatic heterocycles. The van der Waals surface area contributed by atoms with Crippen molar-refractivity contribution < 1.29 is 14.3 Å². The van der Waals surface area contributed by atoms with Crippen LogP contribution in [-0.4, -0.2) is 53.9 Å². The molecule has 0 spiro atoms. The average Bonchev–Trinajstić information content (AvgIpc) is 3.48. The van der Waals surface area contributed by atoms with E-state index in [1.807, 2.05) is 57.4 Å². The predicted octanol–water partition coefficient (Wildman–Crippen LogP) is 5.23. The van der Waals surface area contributed by atoms with Crippen molar-refractivity contribution in [2.24, 2.45) is 0 Å². The summed E-state index contributed by atoms with van der Waals surface area (Å²) in [5, 5.41) is 5.48. The third-order valence-corrected chi connectivity index (χ3v) is 7.32. The number of carbonyl (C=O) groups is 2. The largest absolute Gasteiger partial charge is 0.442 e. The number of ether oxygens (including phenoxy) is 1. The average molecular weight is 512 g/mol. The number of fused-ring (bicyclic) bond motifs is 2. The summed E-state index contributed by atoms with van der Waals surface area (Å²) in [5.41, 5.74) is 4.26. The van der Waals surface area contributed by atoms with Gasteiger partial charge in [-0.15, -0.1) is 0 Å². The van der Waals surface area contributed by atoms with E-state index in [0.29, 0.717) is 13.0 Å². The van der Waals surface area contributed by atoms with E-state index < -0.39 is 11.7 Å². The SMILES string of the molecule is CC(C)(C)OC(=O)n1cc2c(n1)CCC(N(C(=O)c1cccc3c1ccn3Cc1cccnc1)C1CC1)C2. The Morgan fingerprint density at radius 3 is 2.66 bits per heavy atom. The fraction of sp³-hybridized carbons (Fsp3) is 0.400. The maximum absolute atomic E-state index is 14.1. The molecule has 2 aliphatic carbocycles. The Morgan fingerprint density at radius 1 is 1.08 bits per heavy atom. The van der Waals surface area contributed by atoms with E-state index in [9.17, 15) is 9.59 Å². The van der Waals surface area contributed by atoms with Crippen LogP contribution in [0.2, 0.25) is 0 Å². The number of benzene rings is 1. The van der Waals surface area contributed by atoms with Crippen LogP contribution in [0.25, 0.3) is 10.9 Å². The Hall–Kier alpha value is -3.94. The molecule has 0 saturated heterocycles. The summed E-state index contributed by atoms with van der Waals surface area (Å²) in [6.45, 7) is 6.24. The zero-order chi connectivity index (χ0) is 26.4. The molecule has 38 heavy (non-hydrogen) atoms. The third kappa shape index (κ3) is 4.83. The minimum absolute atomic E-state index is 0.0755. The van der Waals surface area contributed by atoms with E-state index in [-0.39, 0.29) is 18.0 Å². The quantitative estimate of drug-likeness (QED) is 0.367. The summed E-state index contributed by atoms with van der Waals surface area (Å²) in [4.78, 5) is 33.0. The van der Waals surface area contributed by atoms with Crippen LogP contribution in [-0.2, 0) is 24.1 Å². The first kappa shape index (κ1) is 24.4. The van der Waals surface area contributed by atoms with Crippen LogP contribution in [0, 0.1) is 0 Å². The number of aromatic nitrogens is 4. The van der Waals surface area contributed by atoms with Crippen LogP contribution >= 0.6 is 0 Å². The zero-order valence-corrected chi connectivity index (χ0v) is 22.1. The maximum atomic E-state index is 14.1. The Balaban J connectivity index is 1.25. The smallest absolute Gasteiger partial charge is 0.435 e. The van der Waals surface area contributed by atoms with Crippen LogP contribution in [0.4, 0.5) is 4.79 Å². The second-order valence-corrected chi connectivity index (χ2v) is 11.4. The topological polar surface area (TPSA) is 82.3 Å². The molecule has 0 radical (unpaired) electrons. The summed E-state index contributed by atoms with van der Waals surface area (Å²) < 4.78 is 8.97. The van der Waals surface area contributed by atoms with Crippen molar-refractivity contribution in [3.63, 3.8) is 0 Å². The van der Waals surface area contributed by atoms with E-state index in [2.05, 4.69) is 31.7 Å². The molecule has 8 heteroatoms. The minimum Gasteiger partial charge on any atom is -0.442 e. The van der Waals surface area contributed by atoms with Gasteiger partial charge in [-0.3, -0.25) is 9.78 Å². The Labute approximate surface area is 222 Å². The second-order valence-electron chi connectivity index (χ2n) is 11.4. The molecule has 1 atom stereocenters. The van der Waals surface area contributed by atoms with Gasteiger partial charge in [0.15, 0.2) is 0 Å². The van der Waals surface area contributed by atoms with Gasteiger partial charge in [-0.1, -0.05) is 12.1 Å². The molecule has 1 amide bonds. The lowest BCUT2D eigenvalue weighted by atomic mass is 9.91. The summed E-state index contributed by atoms with van der Waals surface area (Å²) in [6, 6.07) is 12.4. The fourth-order valence-electron chi connectivity index (χ4n) is 5.48. The molecule has 0 aliphatic heterocycles. The standard InChI is InChI=1S/C30H33N5O3/c1-30(2,3)38-29(37)34-19-21-16-23(11-12-26(21)32-34)35(22-9-10-22)28(36)25-7-4-8-27-24(25)13-15-33(27)18-20-6-5-14-31-17-20/h4-8,13-15,17,19,22-23H,9-12,16,18H2,1-3H3. The molecule has 3 heterocycles. The van der Waals surface area contributed by atoms with Gasteiger partial charge in [0.2, 0.25) is 0 Å². The van der Waals surface area contributed by atoms with Crippen molar-refractivity contribution in [1.82, 2.24) is 24.2 Å². The highest BCUT2D eigenvalue weighted by molar-refractivity contribution is 6.07. The van der Waals surface area contributed by atoms with Crippen LogP contribution in [0.15, 0.2) is 61.2 Å². The molecule has 4 aromatic rings. The van der Waals surface area contributed by atoms with Crippen molar-refractivity contribution >= 4 is 22.9 Å². The monoisotopic (exact) mass is 511 g/mol. The second kappa shape index (κ2) is 9.42. The van der Waals surface area contributed by atoms with Gasteiger partial charge in [0.05, 0.1) is 5.69 Å². The number of nitrogens with zero attached hydrogens (tertiary/aromatic N) is 5. The molecule has 0 bridgehead atoms. The summed E-state index contributed by atoms with van der Waals surface area (Å²) in [6.07, 6.45) is 11.3. The van der Waals surface area contributed by atoms with Crippen molar-refractivity contribution in [2.45, 2.75) is 77.1 Å². The third-order valence-electron chi connectivity index (χ3n) is 7.32. The van der Waals surface area contributed by atoms with Gasteiger partial charge in [0.1, 0.15) is 5.60 Å². The number of aryl methyl sites for hydroxylation is 1. The molecular weight excluding hydrogens is 478 g/mol. The molecule has 1 aromatic carbocycles. The molecule has 196 valence electrons. The number of hydrogen-bond donors (Lipinski definition) is 0. The van der Waals surface area contributed by atoms with Gasteiger partial charge in [-0.05, 0) is 88.3 Å². The Kier molecular flexibility index (Phi) is 6.05. The molecule has 2 aliphatic rings. The lowest BCUT2D eigenvalue weighted by Gasteiger charge is -2.34. The summed E-state index contributed by atoms with van der Waals surface area (Å²) in [7, 11) is 0. The first-order valence-corrected chi connectivity index (χ1v) is 13.4. The van der Waals surface area contributed by atoms with Crippen LogP contribution in [0.3, 0.4) is 0 Å². The number of pyridine rings is 1. The highest BCUT2D eigenvalue weighted by Crippen LogP contribution is 2.36. The molecule has 8 nitrogen and oxygen atoms in total. The van der Waals surface area contributed by atoms with Crippen molar-refractivity contribution in [1.29, 1.82) is 0 Å². The van der Waals surface area contributed by atoms with E-state index in [1.165, 1.54) is 4.68 Å². The minimum atomic E-state index is -0.584. The van der Waals surface area contributed by atoms with Crippen molar-refractivity contribution in [3.8, 4) is 0 Å². The summed E-state index contributed by atoms with van der Waals surface area (Å²) in [5.74, 6) is 0.0882. The number of carbonyl (C=O) groups excluding carboxylic acids is 2. The molecule has 1 saturated carbocycles. The van der Waals surface area contributed by atoms with E-state index in [4.69, 9.17) is 4.74 Å². The van der Waals surface area contributed by atoms with Crippen LogP contribution in [0.1, 0.15) is 67.2 Å². The van der Waals surface area contributed by atoms with Gasteiger partial charge in [-0.2, -0.15) is 9.78 Å². The van der Waals surface area contributed by atoms with Crippen molar-refractivity contribution in [2.75, 3.05) is 0 Å². The molecule has 1 fully saturated rings. The van der Waals surface area contributed by atoms with Crippen molar-refractivity contribution in [3.05, 3.63) is 83.6 Å². The number of rotatable bonds is 5. The first-order chi connectivity index (χ1) is 18.3. The molecular formula is C30H33N5O3. The maximum Gasteiger partial charge on any atom is 0.435 e. The Bertz CT molecular complexity index is 1490. The molecule has 6 rings (SSSR count). The zero-order valence-electron chi connectivity index (χ0n) is 22.1. The Morgan fingerprint density at radius 2 is 1.92 bits per heavy atom. The fourth-order valence-corrected chi connectivity index (χ4v) is 5.48. The van der Waals surface area contributed by atoms with E-state index in [0.717, 1.165) is 59.0 Å². The highest BCUT2D eigenvalue weighted by atomic mass is 16.6. The summed E-state index contributed by atoms with van der Waals surface area (Å²) >= 11 is 0. The highest BCUT2D eigenvalue weighted by Gasteiger charge is 2.40. The van der Waals surface area contributed by atoms with Gasteiger partial charge in [0.25, 0.3) is 5.91 Å². The van der Waals surface area contributed by atoms with Gasteiger partial charge < -0.3 is 14.2 Å². The predicted molar refractivity (Wildman–Crippen MR) is 144 cm³/mol. The normalized spacial score (nSPS) is 17.3. The number of amides is 1. The van der Waals surface area contributed by atoms with Gasteiger partial charge in [0, 0.05) is 59.9 Å². The number of hydrogen-bond acceptors (Lipinski definition) is 5. The van der Waals surface area contributed by atoms with Gasteiger partial charge >= 0.3 is 6.09 Å². The molecule has 0 N–H and O–H groups in total. The van der Waals surface area contributed by atoms with E-state index in [1.54, 1.807) is 12.4 Å². The molecule has 1 unspecified atom stereocenters. The lowest BCUT2D eigenvalue weighted by molar-refractivity contribution is 0.0513. The van der Waals surface area contributed by atoms with Gasteiger partial charge in [-0.25, -0.2) is 4.79 Å².